The summed E-state index contributed by atoms with van der Waals surface area (Å²) in [4.78, 5) is 27.0. The lowest BCUT2D eigenvalue weighted by Gasteiger charge is -2.33. The molecule has 0 saturated carbocycles. The molecule has 0 bridgehead atoms. The lowest BCUT2D eigenvalue weighted by atomic mass is 10.1. The summed E-state index contributed by atoms with van der Waals surface area (Å²) in [7, 11) is 0. The van der Waals surface area contributed by atoms with Gasteiger partial charge in [-0.25, -0.2) is 15.0 Å². The van der Waals surface area contributed by atoms with Crippen molar-refractivity contribution in [3.63, 3.8) is 0 Å². The third-order valence-electron chi connectivity index (χ3n) is 4.65. The Morgan fingerprint density at radius 1 is 1.32 bits per heavy atom. The maximum Gasteiger partial charge on any atom is 0.298 e. The van der Waals surface area contributed by atoms with Crippen molar-refractivity contribution in [1.82, 2.24) is 20.3 Å². The summed E-state index contributed by atoms with van der Waals surface area (Å²) in [5.74, 6) is 1.20. The SMILES string of the molecule is CCC1C(=O)NCCN1c1ncc(-c2cccc(Nc3nccc(C)n3)c2)o1. The van der Waals surface area contributed by atoms with E-state index in [-0.39, 0.29) is 11.9 Å². The topological polar surface area (TPSA) is 96.2 Å². The van der Waals surface area contributed by atoms with Gasteiger partial charge in [-0.1, -0.05) is 19.1 Å². The highest BCUT2D eigenvalue weighted by Crippen LogP contribution is 2.29. The Kier molecular flexibility index (Phi) is 4.92. The number of rotatable bonds is 5. The van der Waals surface area contributed by atoms with Crippen molar-refractivity contribution >= 4 is 23.6 Å². The summed E-state index contributed by atoms with van der Waals surface area (Å²) in [6.45, 7) is 5.16. The third-order valence-corrected chi connectivity index (χ3v) is 4.65. The largest absolute Gasteiger partial charge is 0.423 e. The predicted molar refractivity (Wildman–Crippen MR) is 106 cm³/mol. The fourth-order valence-corrected chi connectivity index (χ4v) is 3.27. The van der Waals surface area contributed by atoms with E-state index in [9.17, 15) is 4.79 Å². The first-order valence-corrected chi connectivity index (χ1v) is 9.31. The van der Waals surface area contributed by atoms with E-state index < -0.39 is 0 Å². The number of aryl methyl sites for hydroxylation is 1. The number of carbonyl (C=O) groups excluding carboxylic acids is 1. The highest BCUT2D eigenvalue weighted by Gasteiger charge is 2.31. The van der Waals surface area contributed by atoms with Crippen LogP contribution in [0.3, 0.4) is 0 Å². The molecule has 8 heteroatoms. The van der Waals surface area contributed by atoms with Crippen molar-refractivity contribution < 1.29 is 9.21 Å². The summed E-state index contributed by atoms with van der Waals surface area (Å²) in [5, 5.41) is 6.09. The Morgan fingerprint density at radius 3 is 3.04 bits per heavy atom. The van der Waals surface area contributed by atoms with Gasteiger partial charge in [-0.05, 0) is 31.5 Å². The van der Waals surface area contributed by atoms with Gasteiger partial charge in [-0.3, -0.25) is 4.79 Å². The Morgan fingerprint density at radius 2 is 2.21 bits per heavy atom. The zero-order chi connectivity index (χ0) is 19.5. The van der Waals surface area contributed by atoms with Crippen molar-refractivity contribution in [3.8, 4) is 11.3 Å². The van der Waals surface area contributed by atoms with Crippen molar-refractivity contribution in [2.24, 2.45) is 0 Å². The molecule has 2 N–H and O–H groups in total. The second-order valence-corrected chi connectivity index (χ2v) is 6.64. The zero-order valence-corrected chi connectivity index (χ0v) is 15.8. The van der Waals surface area contributed by atoms with E-state index >= 15 is 0 Å². The smallest absolute Gasteiger partial charge is 0.298 e. The molecule has 1 amide bonds. The quantitative estimate of drug-likeness (QED) is 0.705. The number of hydrogen-bond acceptors (Lipinski definition) is 7. The second kappa shape index (κ2) is 7.67. The van der Waals surface area contributed by atoms with E-state index in [2.05, 4.69) is 25.6 Å². The van der Waals surface area contributed by atoms with Crippen LogP contribution in [-0.2, 0) is 4.79 Å². The molecule has 1 aromatic carbocycles. The number of amides is 1. The molecule has 3 heterocycles. The first-order valence-electron chi connectivity index (χ1n) is 9.31. The number of benzene rings is 1. The fourth-order valence-electron chi connectivity index (χ4n) is 3.27. The van der Waals surface area contributed by atoms with Crippen LogP contribution in [0.25, 0.3) is 11.3 Å². The number of nitrogens with zero attached hydrogens (tertiary/aromatic N) is 4. The van der Waals surface area contributed by atoms with Gasteiger partial charge in [-0.15, -0.1) is 0 Å². The highest BCUT2D eigenvalue weighted by atomic mass is 16.4. The minimum Gasteiger partial charge on any atom is -0.423 e. The van der Waals surface area contributed by atoms with Gasteiger partial charge in [0, 0.05) is 36.2 Å². The molecular formula is C20H22N6O2. The van der Waals surface area contributed by atoms with Crippen LogP contribution in [0, 0.1) is 6.92 Å². The molecule has 1 atom stereocenters. The Hall–Kier alpha value is -3.42. The molecule has 28 heavy (non-hydrogen) atoms. The minimum atomic E-state index is -0.258. The molecule has 1 unspecified atom stereocenters. The number of oxazole rings is 1. The van der Waals surface area contributed by atoms with E-state index in [1.807, 2.05) is 49.1 Å². The molecule has 1 aliphatic heterocycles. The maximum absolute atomic E-state index is 12.1. The summed E-state index contributed by atoms with van der Waals surface area (Å²) in [6.07, 6.45) is 4.10. The van der Waals surface area contributed by atoms with Gasteiger partial charge in [0.25, 0.3) is 6.01 Å². The van der Waals surface area contributed by atoms with Gasteiger partial charge in [-0.2, -0.15) is 0 Å². The Balaban J connectivity index is 1.56. The summed E-state index contributed by atoms with van der Waals surface area (Å²) in [5.41, 5.74) is 2.63. The standard InChI is InChI=1S/C20H22N6O2/c1-3-16-18(27)21-9-10-26(16)20-23-12-17(28-20)14-5-4-6-15(11-14)25-19-22-8-7-13(2)24-19/h4-8,11-12,16H,3,9-10H2,1-2H3,(H,21,27)(H,22,24,25). The van der Waals surface area contributed by atoms with Gasteiger partial charge in [0.15, 0.2) is 5.76 Å². The summed E-state index contributed by atoms with van der Waals surface area (Å²) < 4.78 is 5.99. The van der Waals surface area contributed by atoms with Crippen LogP contribution in [0.4, 0.5) is 17.7 Å². The van der Waals surface area contributed by atoms with E-state index in [0.29, 0.717) is 37.2 Å². The van der Waals surface area contributed by atoms with Crippen LogP contribution in [0.15, 0.2) is 47.1 Å². The predicted octanol–water partition coefficient (Wildman–Crippen LogP) is 2.90. The van der Waals surface area contributed by atoms with Crippen LogP contribution in [0.2, 0.25) is 0 Å². The van der Waals surface area contributed by atoms with E-state index in [0.717, 1.165) is 16.9 Å². The first-order chi connectivity index (χ1) is 13.6. The van der Waals surface area contributed by atoms with Gasteiger partial charge in [0.05, 0.1) is 6.20 Å². The number of anilines is 3. The molecule has 1 saturated heterocycles. The average molecular weight is 378 g/mol. The Labute approximate surface area is 163 Å². The number of carbonyl (C=O) groups is 1. The van der Waals surface area contributed by atoms with Crippen LogP contribution in [-0.4, -0.2) is 40.0 Å². The minimum absolute atomic E-state index is 0.0119. The van der Waals surface area contributed by atoms with Crippen molar-refractivity contribution in [3.05, 3.63) is 48.4 Å². The molecule has 0 spiro atoms. The van der Waals surface area contributed by atoms with Crippen LogP contribution >= 0.6 is 0 Å². The molecular weight excluding hydrogens is 356 g/mol. The monoisotopic (exact) mass is 378 g/mol. The van der Waals surface area contributed by atoms with E-state index in [1.165, 1.54) is 0 Å². The molecule has 144 valence electrons. The Bertz CT molecular complexity index is 986. The normalized spacial score (nSPS) is 16.7. The molecule has 2 aromatic heterocycles. The number of piperazine rings is 1. The number of aromatic nitrogens is 3. The van der Waals surface area contributed by atoms with Gasteiger partial charge in [0.2, 0.25) is 11.9 Å². The maximum atomic E-state index is 12.1. The van der Waals surface area contributed by atoms with Crippen LogP contribution in [0.5, 0.6) is 0 Å². The number of hydrogen-bond donors (Lipinski definition) is 2. The van der Waals surface area contributed by atoms with E-state index in [4.69, 9.17) is 4.42 Å². The molecule has 3 aromatic rings. The first kappa shape index (κ1) is 18.0. The fraction of sp³-hybridized carbons (Fsp3) is 0.300. The van der Waals surface area contributed by atoms with Crippen molar-refractivity contribution in [2.45, 2.75) is 26.3 Å². The number of nitrogens with one attached hydrogen (secondary N) is 2. The lowest BCUT2D eigenvalue weighted by Crippen LogP contribution is -2.55. The molecule has 1 fully saturated rings. The van der Waals surface area contributed by atoms with Gasteiger partial charge >= 0.3 is 0 Å². The van der Waals surface area contributed by atoms with Crippen molar-refractivity contribution in [1.29, 1.82) is 0 Å². The third kappa shape index (κ3) is 3.66. The average Bonchev–Trinajstić information content (AvgIpc) is 3.18. The van der Waals surface area contributed by atoms with Gasteiger partial charge < -0.3 is 20.0 Å². The lowest BCUT2D eigenvalue weighted by molar-refractivity contribution is -0.123. The molecule has 0 aliphatic carbocycles. The molecule has 4 rings (SSSR count). The second-order valence-electron chi connectivity index (χ2n) is 6.64. The molecule has 0 radical (unpaired) electrons. The van der Waals surface area contributed by atoms with Crippen molar-refractivity contribution in [2.75, 3.05) is 23.3 Å². The summed E-state index contributed by atoms with van der Waals surface area (Å²) >= 11 is 0. The molecule has 8 nitrogen and oxygen atoms in total. The van der Waals surface area contributed by atoms with Gasteiger partial charge in [0.1, 0.15) is 6.04 Å². The zero-order valence-electron chi connectivity index (χ0n) is 15.8. The van der Waals surface area contributed by atoms with Crippen LogP contribution < -0.4 is 15.5 Å². The van der Waals surface area contributed by atoms with Crippen LogP contribution in [0.1, 0.15) is 19.0 Å². The van der Waals surface area contributed by atoms with E-state index in [1.54, 1.807) is 12.4 Å². The highest BCUT2D eigenvalue weighted by molar-refractivity contribution is 5.85. The molecule has 1 aliphatic rings. The summed E-state index contributed by atoms with van der Waals surface area (Å²) in [6, 6.07) is 9.84.